The highest BCUT2D eigenvalue weighted by molar-refractivity contribution is 5.82. The molecule has 0 aliphatic carbocycles. The lowest BCUT2D eigenvalue weighted by atomic mass is 10.1. The van der Waals surface area contributed by atoms with Crippen molar-refractivity contribution in [2.45, 2.75) is 19.5 Å². The topological polar surface area (TPSA) is 52.6 Å². The molecule has 0 bridgehead atoms. The molecule has 1 heterocycles. The van der Waals surface area contributed by atoms with E-state index < -0.39 is 6.04 Å². The molecular weight excluding hydrogens is 228 g/mol. The first-order chi connectivity index (χ1) is 8.70. The number of amides is 1. The van der Waals surface area contributed by atoms with E-state index in [0.29, 0.717) is 19.0 Å². The van der Waals surface area contributed by atoms with E-state index in [-0.39, 0.29) is 12.5 Å². The number of nitrogens with zero attached hydrogens (tertiary/aromatic N) is 1. The van der Waals surface area contributed by atoms with Crippen LogP contribution >= 0.6 is 0 Å². The molecule has 2 N–H and O–H groups in total. The summed E-state index contributed by atoms with van der Waals surface area (Å²) in [7, 11) is 0. The minimum atomic E-state index is -0.435. The lowest BCUT2D eigenvalue weighted by Gasteiger charge is -2.27. The van der Waals surface area contributed by atoms with E-state index in [1.807, 2.05) is 30.3 Å². The summed E-state index contributed by atoms with van der Waals surface area (Å²) >= 11 is 0. The summed E-state index contributed by atoms with van der Waals surface area (Å²) in [6.45, 7) is 4.17. The number of hydrogen-bond acceptors (Lipinski definition) is 3. The van der Waals surface area contributed by atoms with Crippen molar-refractivity contribution in [3.05, 3.63) is 35.9 Å². The molecule has 1 saturated heterocycles. The lowest BCUT2D eigenvalue weighted by molar-refractivity contribution is -0.127. The smallest absolute Gasteiger partial charge is 0.239 e. The Morgan fingerprint density at radius 3 is 2.78 bits per heavy atom. The number of benzene rings is 1. The van der Waals surface area contributed by atoms with Crippen LogP contribution in [0.15, 0.2) is 30.3 Å². The average molecular weight is 248 g/mol. The van der Waals surface area contributed by atoms with Crippen molar-refractivity contribution >= 4 is 5.91 Å². The predicted octanol–water partition coefficient (Wildman–Crippen LogP) is 0.615. The summed E-state index contributed by atoms with van der Waals surface area (Å²) < 4.78 is 0. The van der Waals surface area contributed by atoms with Crippen LogP contribution in [0, 0.1) is 5.92 Å². The second kappa shape index (κ2) is 5.98. The molecule has 2 atom stereocenters. The second-order valence-electron chi connectivity index (χ2n) is 4.96. The molecule has 0 radical (unpaired) electrons. The van der Waals surface area contributed by atoms with E-state index in [1.165, 1.54) is 0 Å². The van der Waals surface area contributed by atoms with Crippen molar-refractivity contribution in [3.8, 4) is 0 Å². The molecule has 1 amide bonds. The van der Waals surface area contributed by atoms with Gasteiger partial charge in [-0.25, -0.2) is 0 Å². The van der Waals surface area contributed by atoms with Crippen LogP contribution in [-0.2, 0) is 11.3 Å². The summed E-state index contributed by atoms with van der Waals surface area (Å²) in [5.41, 5.74) is 1.16. The fourth-order valence-electron chi connectivity index (χ4n) is 2.34. The van der Waals surface area contributed by atoms with E-state index in [4.69, 9.17) is 0 Å². The van der Waals surface area contributed by atoms with Crippen molar-refractivity contribution < 1.29 is 9.90 Å². The third kappa shape index (κ3) is 3.09. The predicted molar refractivity (Wildman–Crippen MR) is 69.9 cm³/mol. The number of hydrogen-bond donors (Lipinski definition) is 2. The number of nitrogens with one attached hydrogen (secondary N) is 1. The number of aliphatic hydroxyl groups excluding tert-OH is 1. The first kappa shape index (κ1) is 13.1. The Labute approximate surface area is 108 Å². The van der Waals surface area contributed by atoms with E-state index in [9.17, 15) is 9.90 Å². The second-order valence-corrected chi connectivity index (χ2v) is 4.96. The fraction of sp³-hybridized carbons (Fsp3) is 0.500. The van der Waals surface area contributed by atoms with Crippen molar-refractivity contribution in [1.82, 2.24) is 10.2 Å². The van der Waals surface area contributed by atoms with Crippen LogP contribution in [0.3, 0.4) is 0 Å². The molecule has 1 aliphatic rings. The third-order valence-corrected chi connectivity index (χ3v) is 3.32. The van der Waals surface area contributed by atoms with Gasteiger partial charge in [-0.15, -0.1) is 0 Å². The number of aliphatic hydroxyl groups is 1. The standard InChI is InChI=1S/C14H20N2O2/c1-11-7-15-14(18)13(10-17)16(8-11)9-12-5-3-2-4-6-12/h2-6,11,13,17H,7-10H2,1H3,(H,15,18). The Bertz CT molecular complexity index is 394. The van der Waals surface area contributed by atoms with Gasteiger partial charge in [-0.1, -0.05) is 37.3 Å². The van der Waals surface area contributed by atoms with Gasteiger partial charge in [0.2, 0.25) is 5.91 Å². The molecule has 0 aromatic heterocycles. The van der Waals surface area contributed by atoms with Gasteiger partial charge in [0.1, 0.15) is 6.04 Å². The molecule has 0 spiro atoms. The Hall–Kier alpha value is -1.39. The molecule has 0 saturated carbocycles. The van der Waals surface area contributed by atoms with Crippen LogP contribution in [0.4, 0.5) is 0 Å². The summed E-state index contributed by atoms with van der Waals surface area (Å²) in [6.07, 6.45) is 0. The minimum Gasteiger partial charge on any atom is -0.394 e. The summed E-state index contributed by atoms with van der Waals surface area (Å²) in [5.74, 6) is 0.326. The largest absolute Gasteiger partial charge is 0.394 e. The fourth-order valence-corrected chi connectivity index (χ4v) is 2.34. The molecule has 18 heavy (non-hydrogen) atoms. The molecule has 1 aromatic rings. The van der Waals surface area contributed by atoms with E-state index in [1.54, 1.807) is 0 Å². The zero-order valence-corrected chi connectivity index (χ0v) is 10.7. The highest BCUT2D eigenvalue weighted by atomic mass is 16.3. The van der Waals surface area contributed by atoms with Gasteiger partial charge < -0.3 is 10.4 Å². The van der Waals surface area contributed by atoms with Crippen molar-refractivity contribution in [2.75, 3.05) is 19.7 Å². The Morgan fingerprint density at radius 2 is 2.11 bits per heavy atom. The van der Waals surface area contributed by atoms with Gasteiger partial charge in [0.05, 0.1) is 6.61 Å². The van der Waals surface area contributed by atoms with Crippen LogP contribution in [0.2, 0.25) is 0 Å². The van der Waals surface area contributed by atoms with Gasteiger partial charge in [0, 0.05) is 19.6 Å². The maximum absolute atomic E-state index is 11.9. The Kier molecular flexibility index (Phi) is 4.33. The van der Waals surface area contributed by atoms with Crippen LogP contribution in [0.5, 0.6) is 0 Å². The molecule has 98 valence electrons. The van der Waals surface area contributed by atoms with Gasteiger partial charge in [0.25, 0.3) is 0 Å². The summed E-state index contributed by atoms with van der Waals surface area (Å²) in [6, 6.07) is 9.61. The quantitative estimate of drug-likeness (QED) is 0.824. The van der Waals surface area contributed by atoms with Crippen molar-refractivity contribution in [1.29, 1.82) is 0 Å². The number of carbonyl (C=O) groups excluding carboxylic acids is 1. The van der Waals surface area contributed by atoms with Gasteiger partial charge in [0.15, 0.2) is 0 Å². The molecule has 4 heteroatoms. The molecule has 1 fully saturated rings. The van der Waals surface area contributed by atoms with E-state index in [2.05, 4.69) is 17.1 Å². The first-order valence-electron chi connectivity index (χ1n) is 6.37. The van der Waals surface area contributed by atoms with Crippen LogP contribution in [-0.4, -0.2) is 41.7 Å². The third-order valence-electron chi connectivity index (χ3n) is 3.32. The maximum Gasteiger partial charge on any atom is 0.239 e. The molecule has 2 unspecified atom stereocenters. The van der Waals surface area contributed by atoms with Crippen molar-refractivity contribution in [2.24, 2.45) is 5.92 Å². The van der Waals surface area contributed by atoms with E-state index in [0.717, 1.165) is 12.1 Å². The first-order valence-corrected chi connectivity index (χ1v) is 6.37. The molecule has 2 rings (SSSR count). The summed E-state index contributed by atoms with van der Waals surface area (Å²) in [4.78, 5) is 13.9. The monoisotopic (exact) mass is 248 g/mol. The van der Waals surface area contributed by atoms with Gasteiger partial charge in [-0.3, -0.25) is 9.69 Å². The van der Waals surface area contributed by atoms with Gasteiger partial charge in [-0.05, 0) is 11.5 Å². The summed E-state index contributed by atoms with van der Waals surface area (Å²) in [5, 5.41) is 12.3. The Morgan fingerprint density at radius 1 is 1.39 bits per heavy atom. The lowest BCUT2D eigenvalue weighted by Crippen LogP contribution is -2.46. The zero-order valence-electron chi connectivity index (χ0n) is 10.7. The number of rotatable bonds is 3. The Balaban J connectivity index is 2.13. The maximum atomic E-state index is 11.9. The highest BCUT2D eigenvalue weighted by Gasteiger charge is 2.29. The van der Waals surface area contributed by atoms with Crippen molar-refractivity contribution in [3.63, 3.8) is 0 Å². The van der Waals surface area contributed by atoms with E-state index >= 15 is 0 Å². The molecule has 4 nitrogen and oxygen atoms in total. The van der Waals surface area contributed by atoms with Crippen LogP contribution in [0.1, 0.15) is 12.5 Å². The van der Waals surface area contributed by atoms with Crippen LogP contribution < -0.4 is 5.32 Å². The average Bonchev–Trinajstić information content (AvgIpc) is 2.50. The zero-order chi connectivity index (χ0) is 13.0. The van der Waals surface area contributed by atoms with Gasteiger partial charge in [-0.2, -0.15) is 0 Å². The normalized spacial score (nSPS) is 25.6. The molecule has 1 aliphatic heterocycles. The number of carbonyl (C=O) groups is 1. The van der Waals surface area contributed by atoms with Crippen LogP contribution in [0.25, 0.3) is 0 Å². The molecular formula is C14H20N2O2. The van der Waals surface area contributed by atoms with Gasteiger partial charge >= 0.3 is 0 Å². The molecule has 1 aromatic carbocycles. The SMILES string of the molecule is CC1CNC(=O)C(CO)N(Cc2ccccc2)C1. The highest BCUT2D eigenvalue weighted by Crippen LogP contribution is 2.14. The minimum absolute atomic E-state index is 0.0715.